The lowest BCUT2D eigenvalue weighted by molar-refractivity contribution is -0.138. The Bertz CT molecular complexity index is 888. The number of amides is 1. The molecule has 2 aromatic rings. The third-order valence-corrected chi connectivity index (χ3v) is 5.00. The molecule has 1 amide bonds. The van der Waals surface area contributed by atoms with Gasteiger partial charge in [-0.2, -0.15) is 0 Å². The second kappa shape index (κ2) is 8.17. The van der Waals surface area contributed by atoms with Crippen LogP contribution in [0.4, 0.5) is 5.69 Å². The van der Waals surface area contributed by atoms with E-state index < -0.39 is 18.1 Å². The van der Waals surface area contributed by atoms with Gasteiger partial charge in [0.05, 0.1) is 12.5 Å². The Morgan fingerprint density at radius 1 is 1.22 bits per heavy atom. The van der Waals surface area contributed by atoms with Gasteiger partial charge in [-0.05, 0) is 23.3 Å². The molecule has 0 aliphatic carbocycles. The van der Waals surface area contributed by atoms with Crippen LogP contribution in [0.5, 0.6) is 0 Å². The summed E-state index contributed by atoms with van der Waals surface area (Å²) >= 11 is 12.3. The molecule has 0 radical (unpaired) electrons. The molecular formula is C19H19Cl2N3O3. The molecule has 0 fully saturated rings. The van der Waals surface area contributed by atoms with Crippen molar-refractivity contribution in [2.45, 2.75) is 31.5 Å². The fourth-order valence-electron chi connectivity index (χ4n) is 3.25. The molecule has 6 nitrogen and oxygen atoms in total. The van der Waals surface area contributed by atoms with Crippen LogP contribution in [-0.4, -0.2) is 23.0 Å². The molecule has 0 aromatic heterocycles. The van der Waals surface area contributed by atoms with Crippen molar-refractivity contribution in [1.82, 2.24) is 5.32 Å². The maximum Gasteiger partial charge on any atom is 0.326 e. The Hall–Kier alpha value is -2.28. The third-order valence-electron chi connectivity index (χ3n) is 4.47. The molecule has 1 aliphatic rings. The van der Waals surface area contributed by atoms with Crippen LogP contribution in [0.3, 0.4) is 0 Å². The van der Waals surface area contributed by atoms with Crippen LogP contribution < -0.4 is 16.4 Å². The van der Waals surface area contributed by atoms with Crippen molar-refractivity contribution in [2.24, 2.45) is 5.73 Å². The van der Waals surface area contributed by atoms with Gasteiger partial charge in [0.2, 0.25) is 5.91 Å². The van der Waals surface area contributed by atoms with Gasteiger partial charge < -0.3 is 21.5 Å². The fourth-order valence-corrected chi connectivity index (χ4v) is 3.87. The molecule has 0 unspecified atom stereocenters. The van der Waals surface area contributed by atoms with E-state index in [1.165, 1.54) is 0 Å². The van der Waals surface area contributed by atoms with E-state index in [-0.39, 0.29) is 18.7 Å². The quantitative estimate of drug-likeness (QED) is 0.609. The zero-order valence-corrected chi connectivity index (χ0v) is 15.8. The predicted octanol–water partition coefficient (Wildman–Crippen LogP) is 3.12. The highest BCUT2D eigenvalue weighted by atomic mass is 35.5. The number of rotatable bonds is 5. The standard InChI is InChI=1S/C19H19Cl2N3O3/c20-12-6-13(21)18-14(7-12)23-16(19(26)27)8-15(18)24-17(25)5-10-2-1-3-11(4-10)9-22/h1-4,6-7,15-16,23H,5,8-9,22H2,(H,24,25)(H,26,27)/t15-,16+/m0/s1. The molecule has 2 aromatic carbocycles. The summed E-state index contributed by atoms with van der Waals surface area (Å²) in [6, 6.07) is 9.28. The number of carboxylic acid groups (broad SMARTS) is 1. The van der Waals surface area contributed by atoms with Crippen LogP contribution in [0.15, 0.2) is 36.4 Å². The molecule has 8 heteroatoms. The summed E-state index contributed by atoms with van der Waals surface area (Å²) < 4.78 is 0. The first-order valence-electron chi connectivity index (χ1n) is 8.43. The minimum atomic E-state index is -1.01. The van der Waals surface area contributed by atoms with Gasteiger partial charge >= 0.3 is 5.97 Å². The fraction of sp³-hybridized carbons (Fsp3) is 0.263. The molecule has 1 aliphatic heterocycles. The summed E-state index contributed by atoms with van der Waals surface area (Å²) in [5.74, 6) is -1.23. The SMILES string of the molecule is NCc1cccc(CC(=O)N[C@H]2C[C@H](C(=O)O)Nc3cc(Cl)cc(Cl)c32)c1. The molecule has 2 atom stereocenters. The average molecular weight is 408 g/mol. The van der Waals surface area contributed by atoms with Crippen molar-refractivity contribution in [2.75, 3.05) is 5.32 Å². The van der Waals surface area contributed by atoms with Crippen molar-refractivity contribution in [3.05, 3.63) is 63.1 Å². The van der Waals surface area contributed by atoms with Gasteiger partial charge in [0.1, 0.15) is 6.04 Å². The topological polar surface area (TPSA) is 104 Å². The molecule has 3 rings (SSSR count). The number of halogens is 2. The summed E-state index contributed by atoms with van der Waals surface area (Å²) in [7, 11) is 0. The van der Waals surface area contributed by atoms with Crippen molar-refractivity contribution in [3.8, 4) is 0 Å². The summed E-state index contributed by atoms with van der Waals surface area (Å²) in [6.07, 6.45) is 0.342. The molecule has 0 saturated carbocycles. The van der Waals surface area contributed by atoms with Crippen LogP contribution in [0.25, 0.3) is 0 Å². The molecule has 1 heterocycles. The normalized spacial score (nSPS) is 18.3. The van der Waals surface area contributed by atoms with E-state index in [0.29, 0.717) is 27.8 Å². The van der Waals surface area contributed by atoms with Gasteiger partial charge in [-0.1, -0.05) is 47.5 Å². The Morgan fingerprint density at radius 2 is 1.96 bits per heavy atom. The van der Waals surface area contributed by atoms with Crippen LogP contribution in [0, 0.1) is 0 Å². The van der Waals surface area contributed by atoms with Crippen LogP contribution >= 0.6 is 23.2 Å². The summed E-state index contributed by atoms with van der Waals surface area (Å²) in [5.41, 5.74) is 8.57. The lowest BCUT2D eigenvalue weighted by Crippen LogP contribution is -2.41. The van der Waals surface area contributed by atoms with Gasteiger partial charge in [0, 0.05) is 34.3 Å². The van der Waals surface area contributed by atoms with Crippen molar-refractivity contribution in [3.63, 3.8) is 0 Å². The van der Waals surface area contributed by atoms with E-state index in [1.54, 1.807) is 12.1 Å². The Morgan fingerprint density at radius 3 is 2.67 bits per heavy atom. The maximum absolute atomic E-state index is 12.6. The molecule has 0 saturated heterocycles. The molecule has 27 heavy (non-hydrogen) atoms. The number of hydrogen-bond acceptors (Lipinski definition) is 4. The summed E-state index contributed by atoms with van der Waals surface area (Å²) in [6.45, 7) is 0.397. The first-order valence-corrected chi connectivity index (χ1v) is 9.18. The Labute approximate surface area is 166 Å². The lowest BCUT2D eigenvalue weighted by Gasteiger charge is -2.32. The molecule has 5 N–H and O–H groups in total. The van der Waals surface area contributed by atoms with Gasteiger partial charge in [-0.15, -0.1) is 0 Å². The lowest BCUT2D eigenvalue weighted by atomic mass is 9.92. The van der Waals surface area contributed by atoms with Crippen LogP contribution in [-0.2, 0) is 22.6 Å². The second-order valence-electron chi connectivity index (χ2n) is 6.44. The minimum Gasteiger partial charge on any atom is -0.480 e. The highest BCUT2D eigenvalue weighted by Crippen LogP contribution is 2.39. The van der Waals surface area contributed by atoms with E-state index in [9.17, 15) is 14.7 Å². The number of aliphatic carboxylic acids is 1. The first kappa shape index (κ1) is 19.5. The molecular weight excluding hydrogens is 389 g/mol. The first-order chi connectivity index (χ1) is 12.9. The smallest absolute Gasteiger partial charge is 0.326 e. The second-order valence-corrected chi connectivity index (χ2v) is 7.28. The number of carboxylic acids is 1. The zero-order valence-electron chi connectivity index (χ0n) is 14.3. The number of anilines is 1. The maximum atomic E-state index is 12.6. The van der Waals surface area contributed by atoms with Gasteiger partial charge in [0.15, 0.2) is 0 Å². The van der Waals surface area contributed by atoms with Crippen molar-refractivity contribution < 1.29 is 14.7 Å². The van der Waals surface area contributed by atoms with Crippen molar-refractivity contribution >= 4 is 40.8 Å². The molecule has 142 valence electrons. The number of carbonyl (C=O) groups excluding carboxylic acids is 1. The largest absolute Gasteiger partial charge is 0.480 e. The summed E-state index contributed by atoms with van der Waals surface area (Å²) in [5, 5.41) is 16.0. The number of nitrogens with two attached hydrogens (primary N) is 1. The van der Waals surface area contributed by atoms with Crippen molar-refractivity contribution in [1.29, 1.82) is 0 Å². The Balaban J connectivity index is 1.82. The number of fused-ring (bicyclic) bond motifs is 1. The highest BCUT2D eigenvalue weighted by molar-refractivity contribution is 6.35. The van der Waals surface area contributed by atoms with Crippen LogP contribution in [0.1, 0.15) is 29.2 Å². The average Bonchev–Trinajstić information content (AvgIpc) is 2.60. The van der Waals surface area contributed by atoms with E-state index in [4.69, 9.17) is 28.9 Å². The van der Waals surface area contributed by atoms with Gasteiger partial charge in [-0.25, -0.2) is 4.79 Å². The monoisotopic (exact) mass is 407 g/mol. The number of hydrogen-bond donors (Lipinski definition) is 4. The van der Waals surface area contributed by atoms with E-state index in [2.05, 4.69) is 10.6 Å². The Kier molecular flexibility index (Phi) is 5.89. The van der Waals surface area contributed by atoms with Gasteiger partial charge in [0.25, 0.3) is 0 Å². The summed E-state index contributed by atoms with van der Waals surface area (Å²) in [4.78, 5) is 24.0. The molecule has 0 spiro atoms. The van der Waals surface area contributed by atoms with E-state index >= 15 is 0 Å². The van der Waals surface area contributed by atoms with E-state index in [1.807, 2.05) is 24.3 Å². The minimum absolute atomic E-state index is 0.163. The third kappa shape index (κ3) is 4.53. The number of benzene rings is 2. The van der Waals surface area contributed by atoms with Crippen LogP contribution in [0.2, 0.25) is 10.0 Å². The number of nitrogens with one attached hydrogen (secondary N) is 2. The van der Waals surface area contributed by atoms with Gasteiger partial charge in [-0.3, -0.25) is 4.79 Å². The van der Waals surface area contributed by atoms with E-state index in [0.717, 1.165) is 11.1 Å². The predicted molar refractivity (Wildman–Crippen MR) is 105 cm³/mol. The molecule has 0 bridgehead atoms. The number of carbonyl (C=O) groups is 2. The highest BCUT2D eigenvalue weighted by Gasteiger charge is 2.33. The zero-order chi connectivity index (χ0) is 19.6.